The predicted octanol–water partition coefficient (Wildman–Crippen LogP) is 3.22. The molecule has 0 bridgehead atoms. The van der Waals surface area contributed by atoms with Crippen molar-refractivity contribution >= 4 is 17.9 Å². The Balaban J connectivity index is 2.74. The van der Waals surface area contributed by atoms with Crippen molar-refractivity contribution in [2.75, 3.05) is 13.3 Å². The SMILES string of the molecule is CC(=O)Oc1ccc(OC(C)=O)c(C(=O)OCCCCCCF)c1. The molecule has 6 nitrogen and oxygen atoms in total. The van der Waals surface area contributed by atoms with E-state index < -0.39 is 17.9 Å². The minimum absolute atomic E-state index is 0.00675. The van der Waals surface area contributed by atoms with Gasteiger partial charge in [-0.2, -0.15) is 0 Å². The van der Waals surface area contributed by atoms with Crippen molar-refractivity contribution in [3.8, 4) is 11.5 Å². The molecule has 1 aromatic rings. The maximum absolute atomic E-state index is 12.2. The zero-order valence-electron chi connectivity index (χ0n) is 13.8. The monoisotopic (exact) mass is 340 g/mol. The number of unbranched alkanes of at least 4 members (excludes halogenated alkanes) is 3. The fourth-order valence-corrected chi connectivity index (χ4v) is 1.93. The van der Waals surface area contributed by atoms with E-state index in [1.54, 1.807) is 0 Å². The van der Waals surface area contributed by atoms with Crippen LogP contribution in [0.5, 0.6) is 11.5 Å². The molecule has 0 N–H and O–H groups in total. The van der Waals surface area contributed by atoms with Gasteiger partial charge in [-0.3, -0.25) is 14.0 Å². The lowest BCUT2D eigenvalue weighted by molar-refractivity contribution is -0.133. The second-order valence-corrected chi connectivity index (χ2v) is 5.08. The average molecular weight is 340 g/mol. The van der Waals surface area contributed by atoms with Crippen LogP contribution in [0.4, 0.5) is 4.39 Å². The van der Waals surface area contributed by atoms with Gasteiger partial charge < -0.3 is 14.2 Å². The minimum Gasteiger partial charge on any atom is -0.462 e. The Bertz CT molecular complexity index is 584. The number of benzene rings is 1. The summed E-state index contributed by atoms with van der Waals surface area (Å²) in [5, 5.41) is 0. The van der Waals surface area contributed by atoms with Crippen molar-refractivity contribution in [1.82, 2.24) is 0 Å². The summed E-state index contributed by atoms with van der Waals surface area (Å²) in [4.78, 5) is 34.3. The predicted molar refractivity (Wildman–Crippen MR) is 83.8 cm³/mol. The third-order valence-corrected chi connectivity index (χ3v) is 2.95. The number of alkyl halides is 1. The molecular formula is C17H21FO6. The summed E-state index contributed by atoms with van der Waals surface area (Å²) in [6.45, 7) is 2.26. The van der Waals surface area contributed by atoms with E-state index in [2.05, 4.69) is 0 Å². The Morgan fingerprint density at radius 1 is 0.958 bits per heavy atom. The van der Waals surface area contributed by atoms with Gasteiger partial charge in [-0.15, -0.1) is 0 Å². The Kier molecular flexibility index (Phi) is 8.46. The van der Waals surface area contributed by atoms with Crippen LogP contribution in [0.15, 0.2) is 18.2 Å². The van der Waals surface area contributed by atoms with Gasteiger partial charge in [-0.05, 0) is 37.5 Å². The molecule has 1 aromatic carbocycles. The lowest BCUT2D eigenvalue weighted by atomic mass is 10.2. The van der Waals surface area contributed by atoms with Crippen molar-refractivity contribution in [3.05, 3.63) is 23.8 Å². The molecule has 0 heterocycles. The standard InChI is InChI=1S/C17H21FO6/c1-12(19)23-14-7-8-16(24-13(2)20)15(11-14)17(21)22-10-6-4-3-5-9-18/h7-8,11H,3-6,9-10H2,1-2H3. The van der Waals surface area contributed by atoms with Gasteiger partial charge in [0.1, 0.15) is 17.1 Å². The Morgan fingerprint density at radius 2 is 1.62 bits per heavy atom. The van der Waals surface area contributed by atoms with Crippen LogP contribution in [0.1, 0.15) is 49.9 Å². The summed E-state index contributed by atoms with van der Waals surface area (Å²) in [5.41, 5.74) is -0.00675. The van der Waals surface area contributed by atoms with Gasteiger partial charge >= 0.3 is 17.9 Å². The van der Waals surface area contributed by atoms with Crippen molar-refractivity contribution in [1.29, 1.82) is 0 Å². The molecule has 1 rings (SSSR count). The van der Waals surface area contributed by atoms with Crippen LogP contribution in [0.25, 0.3) is 0 Å². The first kappa shape index (κ1) is 19.6. The van der Waals surface area contributed by atoms with Gasteiger partial charge in [-0.25, -0.2) is 4.79 Å². The molecule has 0 saturated carbocycles. The lowest BCUT2D eigenvalue weighted by Gasteiger charge is -2.11. The first-order valence-electron chi connectivity index (χ1n) is 7.68. The molecule has 7 heteroatoms. The van der Waals surface area contributed by atoms with E-state index in [9.17, 15) is 18.8 Å². The van der Waals surface area contributed by atoms with E-state index in [1.807, 2.05) is 0 Å². The highest BCUT2D eigenvalue weighted by molar-refractivity contribution is 5.94. The Hall–Kier alpha value is -2.44. The highest BCUT2D eigenvalue weighted by Crippen LogP contribution is 2.25. The van der Waals surface area contributed by atoms with Crippen molar-refractivity contribution in [3.63, 3.8) is 0 Å². The Morgan fingerprint density at radius 3 is 2.25 bits per heavy atom. The summed E-state index contributed by atoms with van der Waals surface area (Å²) in [6, 6.07) is 4.05. The molecule has 24 heavy (non-hydrogen) atoms. The molecule has 0 radical (unpaired) electrons. The Labute approximate surface area is 139 Å². The third-order valence-electron chi connectivity index (χ3n) is 2.95. The van der Waals surface area contributed by atoms with E-state index >= 15 is 0 Å². The zero-order valence-corrected chi connectivity index (χ0v) is 13.8. The number of carbonyl (C=O) groups is 3. The van der Waals surface area contributed by atoms with Gasteiger partial charge in [0, 0.05) is 13.8 Å². The van der Waals surface area contributed by atoms with E-state index in [4.69, 9.17) is 14.2 Å². The summed E-state index contributed by atoms with van der Waals surface area (Å²) < 4.78 is 27.0. The highest BCUT2D eigenvalue weighted by Gasteiger charge is 2.17. The van der Waals surface area contributed by atoms with Gasteiger partial charge in [0.05, 0.1) is 13.3 Å². The summed E-state index contributed by atoms with van der Waals surface area (Å²) in [5.74, 6) is -1.64. The summed E-state index contributed by atoms with van der Waals surface area (Å²) in [6.07, 6.45) is 2.59. The fraction of sp³-hybridized carbons (Fsp3) is 0.471. The van der Waals surface area contributed by atoms with Gasteiger partial charge in [0.2, 0.25) is 0 Å². The quantitative estimate of drug-likeness (QED) is 0.390. The van der Waals surface area contributed by atoms with Crippen molar-refractivity contribution in [2.24, 2.45) is 0 Å². The maximum Gasteiger partial charge on any atom is 0.342 e. The van der Waals surface area contributed by atoms with E-state index in [0.717, 1.165) is 12.8 Å². The summed E-state index contributed by atoms with van der Waals surface area (Å²) >= 11 is 0. The molecule has 0 aliphatic carbocycles. The fourth-order valence-electron chi connectivity index (χ4n) is 1.93. The molecule has 0 spiro atoms. The molecule has 132 valence electrons. The van der Waals surface area contributed by atoms with Crippen LogP contribution in [-0.2, 0) is 14.3 Å². The van der Waals surface area contributed by atoms with E-state index in [0.29, 0.717) is 12.8 Å². The normalized spacial score (nSPS) is 10.1. The largest absolute Gasteiger partial charge is 0.462 e. The third kappa shape index (κ3) is 7.21. The van der Waals surface area contributed by atoms with Crippen LogP contribution in [0, 0.1) is 0 Å². The average Bonchev–Trinajstić information content (AvgIpc) is 2.51. The lowest BCUT2D eigenvalue weighted by Crippen LogP contribution is -2.12. The molecule has 0 aromatic heterocycles. The molecule has 0 unspecified atom stereocenters. The smallest absolute Gasteiger partial charge is 0.342 e. The number of halogens is 1. The first-order chi connectivity index (χ1) is 11.4. The van der Waals surface area contributed by atoms with Gasteiger partial charge in [-0.1, -0.05) is 6.42 Å². The molecule has 0 fully saturated rings. The summed E-state index contributed by atoms with van der Waals surface area (Å²) in [7, 11) is 0. The van der Waals surface area contributed by atoms with Crippen molar-refractivity contribution in [2.45, 2.75) is 39.5 Å². The molecular weight excluding hydrogens is 319 g/mol. The number of ether oxygens (including phenoxy) is 3. The van der Waals surface area contributed by atoms with Crippen LogP contribution >= 0.6 is 0 Å². The topological polar surface area (TPSA) is 78.9 Å². The first-order valence-corrected chi connectivity index (χ1v) is 7.68. The molecule has 0 aliphatic heterocycles. The van der Waals surface area contributed by atoms with Crippen LogP contribution in [-0.4, -0.2) is 31.2 Å². The second kappa shape index (κ2) is 10.4. The van der Waals surface area contributed by atoms with Crippen LogP contribution < -0.4 is 9.47 Å². The molecule has 0 atom stereocenters. The highest BCUT2D eigenvalue weighted by atomic mass is 19.1. The maximum atomic E-state index is 12.2. The van der Waals surface area contributed by atoms with Gasteiger partial charge in [0.15, 0.2) is 0 Å². The second-order valence-electron chi connectivity index (χ2n) is 5.08. The number of rotatable bonds is 9. The number of esters is 3. The number of hydrogen-bond acceptors (Lipinski definition) is 6. The van der Waals surface area contributed by atoms with Gasteiger partial charge in [0.25, 0.3) is 0 Å². The zero-order chi connectivity index (χ0) is 17.9. The van der Waals surface area contributed by atoms with E-state index in [-0.39, 0.29) is 30.3 Å². The molecule has 0 aliphatic rings. The van der Waals surface area contributed by atoms with Crippen LogP contribution in [0.3, 0.4) is 0 Å². The van der Waals surface area contributed by atoms with Crippen molar-refractivity contribution < 1.29 is 33.0 Å². The molecule has 0 amide bonds. The number of carbonyl (C=O) groups excluding carboxylic acids is 3. The van der Waals surface area contributed by atoms with Crippen LogP contribution in [0.2, 0.25) is 0 Å². The minimum atomic E-state index is -0.689. The number of hydrogen-bond donors (Lipinski definition) is 0. The molecule has 0 saturated heterocycles. The van der Waals surface area contributed by atoms with E-state index in [1.165, 1.54) is 32.0 Å².